The van der Waals surface area contributed by atoms with Crippen molar-refractivity contribution in [2.75, 3.05) is 39.4 Å². The maximum absolute atomic E-state index is 12.3. The van der Waals surface area contributed by atoms with Gasteiger partial charge in [-0.1, -0.05) is 30.3 Å². The summed E-state index contributed by atoms with van der Waals surface area (Å²) in [5, 5.41) is 5.49. The van der Waals surface area contributed by atoms with E-state index in [0.717, 1.165) is 44.6 Å². The molecule has 3 rings (SSSR count). The molecule has 2 aromatic carbocycles. The van der Waals surface area contributed by atoms with Crippen LogP contribution in [0.15, 0.2) is 42.5 Å². The van der Waals surface area contributed by atoms with Crippen molar-refractivity contribution in [3.05, 3.63) is 42.5 Å². The predicted molar refractivity (Wildman–Crippen MR) is 117 cm³/mol. The molecule has 0 bridgehead atoms. The monoisotopic (exact) mass is 398 g/mol. The fraction of sp³-hybridized carbons (Fsp3) is 0.542. The quantitative estimate of drug-likeness (QED) is 0.618. The van der Waals surface area contributed by atoms with E-state index in [-0.39, 0.29) is 17.9 Å². The molecule has 0 atom stereocenters. The van der Waals surface area contributed by atoms with Crippen LogP contribution in [0, 0.1) is 5.92 Å². The Morgan fingerprint density at radius 2 is 1.86 bits per heavy atom. The molecule has 1 aliphatic rings. The van der Waals surface area contributed by atoms with Gasteiger partial charge >= 0.3 is 0 Å². The molecule has 0 unspecified atom stereocenters. The molecule has 0 radical (unpaired) electrons. The minimum Gasteiger partial charge on any atom is -0.492 e. The smallest absolute Gasteiger partial charge is 0.223 e. The number of fused-ring (bicyclic) bond motifs is 1. The van der Waals surface area contributed by atoms with Crippen molar-refractivity contribution >= 4 is 16.7 Å². The van der Waals surface area contributed by atoms with Crippen LogP contribution in [0.5, 0.6) is 5.75 Å². The summed E-state index contributed by atoms with van der Waals surface area (Å²) in [6.07, 6.45) is 2.96. The highest BCUT2D eigenvalue weighted by atomic mass is 16.5. The summed E-state index contributed by atoms with van der Waals surface area (Å²) in [5.41, 5.74) is 0. The highest BCUT2D eigenvalue weighted by Crippen LogP contribution is 2.21. The van der Waals surface area contributed by atoms with Gasteiger partial charge in [-0.25, -0.2) is 0 Å². The first-order valence-electron chi connectivity index (χ1n) is 10.8. The van der Waals surface area contributed by atoms with Crippen LogP contribution in [0.25, 0.3) is 10.8 Å². The first-order valence-corrected chi connectivity index (χ1v) is 10.8. The van der Waals surface area contributed by atoms with E-state index < -0.39 is 0 Å². The summed E-state index contributed by atoms with van der Waals surface area (Å²) in [7, 11) is 0. The van der Waals surface area contributed by atoms with Gasteiger partial charge in [0, 0.05) is 25.6 Å². The Bertz CT molecular complexity index is 770. The number of carbonyl (C=O) groups excluding carboxylic acids is 1. The third kappa shape index (κ3) is 7.02. The summed E-state index contributed by atoms with van der Waals surface area (Å²) in [5.74, 6) is 1.25. The number of hydrogen-bond donors (Lipinski definition) is 1. The van der Waals surface area contributed by atoms with Crippen molar-refractivity contribution < 1.29 is 14.3 Å². The van der Waals surface area contributed by atoms with Gasteiger partial charge in [0.1, 0.15) is 12.4 Å². The van der Waals surface area contributed by atoms with Crippen LogP contribution in [-0.4, -0.2) is 56.3 Å². The van der Waals surface area contributed by atoms with Crippen LogP contribution in [0.3, 0.4) is 0 Å². The second-order valence-corrected chi connectivity index (χ2v) is 8.04. The minimum absolute atomic E-state index is 0.138. The van der Waals surface area contributed by atoms with Gasteiger partial charge in [0.15, 0.2) is 0 Å². The van der Waals surface area contributed by atoms with Gasteiger partial charge in [-0.3, -0.25) is 9.69 Å². The first-order chi connectivity index (χ1) is 14.1. The van der Waals surface area contributed by atoms with Crippen LogP contribution < -0.4 is 10.1 Å². The molecule has 1 fully saturated rings. The van der Waals surface area contributed by atoms with Crippen molar-refractivity contribution in [1.29, 1.82) is 0 Å². The summed E-state index contributed by atoms with van der Waals surface area (Å²) >= 11 is 0. The number of hydrogen-bond acceptors (Lipinski definition) is 4. The van der Waals surface area contributed by atoms with Gasteiger partial charge < -0.3 is 14.8 Å². The molecule has 0 saturated carbocycles. The average molecular weight is 399 g/mol. The third-order valence-electron chi connectivity index (χ3n) is 5.43. The first kappa shape index (κ1) is 21.6. The van der Waals surface area contributed by atoms with Crippen molar-refractivity contribution in [3.63, 3.8) is 0 Å². The summed E-state index contributed by atoms with van der Waals surface area (Å²) < 4.78 is 11.5. The average Bonchev–Trinajstić information content (AvgIpc) is 2.73. The number of amides is 1. The normalized spacial score (nSPS) is 15.7. The van der Waals surface area contributed by atoms with Crippen molar-refractivity contribution in [2.24, 2.45) is 5.92 Å². The van der Waals surface area contributed by atoms with Crippen LogP contribution in [-0.2, 0) is 9.53 Å². The van der Waals surface area contributed by atoms with Crippen molar-refractivity contribution in [3.8, 4) is 5.75 Å². The molecule has 158 valence electrons. The molecular weight excluding hydrogens is 364 g/mol. The van der Waals surface area contributed by atoms with Crippen LogP contribution in [0.2, 0.25) is 0 Å². The number of likely N-dealkylation sites (tertiary alicyclic amines) is 1. The maximum atomic E-state index is 12.3. The van der Waals surface area contributed by atoms with Crippen LogP contribution in [0.4, 0.5) is 0 Å². The number of ether oxygens (including phenoxy) is 2. The standard InChI is InChI=1S/C24H34N2O3/c1-19(2)28-16-5-12-25-24(27)21-10-13-26(14-11-21)15-17-29-23-9-8-20-6-3-4-7-22(20)18-23/h3-4,6-9,18-19,21H,5,10-17H2,1-2H3,(H,25,27). The second-order valence-electron chi connectivity index (χ2n) is 8.04. The van der Waals surface area contributed by atoms with Gasteiger partial charge in [-0.2, -0.15) is 0 Å². The Kier molecular flexibility index (Phi) is 8.32. The number of carbonyl (C=O) groups is 1. The lowest BCUT2D eigenvalue weighted by molar-refractivity contribution is -0.126. The number of piperidine rings is 1. The van der Waals surface area contributed by atoms with E-state index in [1.807, 2.05) is 32.0 Å². The zero-order valence-electron chi connectivity index (χ0n) is 17.7. The Balaban J connectivity index is 1.30. The molecule has 5 nitrogen and oxygen atoms in total. The molecule has 1 amide bonds. The fourth-order valence-electron chi connectivity index (χ4n) is 3.72. The highest BCUT2D eigenvalue weighted by molar-refractivity contribution is 5.83. The van der Waals surface area contributed by atoms with E-state index in [1.54, 1.807) is 0 Å². The van der Waals surface area contributed by atoms with Crippen LogP contribution >= 0.6 is 0 Å². The third-order valence-corrected chi connectivity index (χ3v) is 5.43. The molecule has 0 aliphatic carbocycles. The Morgan fingerprint density at radius 1 is 1.10 bits per heavy atom. The number of nitrogens with one attached hydrogen (secondary N) is 1. The number of benzene rings is 2. The minimum atomic E-state index is 0.138. The van der Waals surface area contributed by atoms with Gasteiger partial charge in [0.25, 0.3) is 0 Å². The molecule has 0 spiro atoms. The maximum Gasteiger partial charge on any atom is 0.223 e. The van der Waals surface area contributed by atoms with E-state index in [1.165, 1.54) is 10.8 Å². The lowest BCUT2D eigenvalue weighted by Crippen LogP contribution is -2.42. The Labute approximate surface area is 174 Å². The molecule has 1 N–H and O–H groups in total. The zero-order chi connectivity index (χ0) is 20.5. The van der Waals surface area contributed by atoms with Gasteiger partial charge in [-0.15, -0.1) is 0 Å². The second kappa shape index (κ2) is 11.2. The summed E-state index contributed by atoms with van der Waals surface area (Å²) in [6, 6.07) is 14.5. The molecule has 0 aromatic heterocycles. The van der Waals surface area contributed by atoms with Crippen molar-refractivity contribution in [2.45, 2.75) is 39.2 Å². The predicted octanol–water partition coefficient (Wildman–Crippen LogP) is 3.86. The Hall–Kier alpha value is -2.11. The Morgan fingerprint density at radius 3 is 2.62 bits per heavy atom. The molecule has 29 heavy (non-hydrogen) atoms. The van der Waals surface area contributed by atoms with Crippen LogP contribution in [0.1, 0.15) is 33.1 Å². The van der Waals surface area contributed by atoms with Crippen molar-refractivity contribution in [1.82, 2.24) is 10.2 Å². The molecule has 5 heteroatoms. The molecular formula is C24H34N2O3. The van der Waals surface area contributed by atoms with Gasteiger partial charge in [-0.05, 0) is 69.1 Å². The SMILES string of the molecule is CC(C)OCCCNC(=O)C1CCN(CCOc2ccc3ccccc3c2)CC1. The van der Waals surface area contributed by atoms with E-state index in [0.29, 0.717) is 19.8 Å². The summed E-state index contributed by atoms with van der Waals surface area (Å²) in [4.78, 5) is 14.7. The van der Waals surface area contributed by atoms with E-state index >= 15 is 0 Å². The van der Waals surface area contributed by atoms with E-state index in [2.05, 4.69) is 34.5 Å². The number of rotatable bonds is 10. The molecule has 1 heterocycles. The molecule has 1 aliphatic heterocycles. The fourth-order valence-corrected chi connectivity index (χ4v) is 3.72. The lowest BCUT2D eigenvalue weighted by atomic mass is 9.96. The molecule has 2 aromatic rings. The number of nitrogens with zero attached hydrogens (tertiary/aromatic N) is 1. The largest absolute Gasteiger partial charge is 0.492 e. The van der Waals surface area contributed by atoms with Gasteiger partial charge in [0.2, 0.25) is 5.91 Å². The summed E-state index contributed by atoms with van der Waals surface area (Å²) in [6.45, 7) is 8.93. The van der Waals surface area contributed by atoms with E-state index in [9.17, 15) is 4.79 Å². The lowest BCUT2D eigenvalue weighted by Gasteiger charge is -2.31. The zero-order valence-corrected chi connectivity index (χ0v) is 17.7. The topological polar surface area (TPSA) is 50.8 Å². The van der Waals surface area contributed by atoms with Gasteiger partial charge in [0.05, 0.1) is 6.10 Å². The van der Waals surface area contributed by atoms with E-state index in [4.69, 9.17) is 9.47 Å². The highest BCUT2D eigenvalue weighted by Gasteiger charge is 2.24. The molecule has 1 saturated heterocycles.